The summed E-state index contributed by atoms with van der Waals surface area (Å²) in [7, 11) is 0. The summed E-state index contributed by atoms with van der Waals surface area (Å²) in [4.78, 5) is 0. The molecule has 0 heterocycles. The van der Waals surface area contributed by atoms with Crippen LogP contribution < -0.4 is 5.73 Å². The molecule has 0 aliphatic heterocycles. The highest BCUT2D eigenvalue weighted by Crippen LogP contribution is 2.50. The Bertz CT molecular complexity index is 325. The van der Waals surface area contributed by atoms with Crippen LogP contribution in [0.3, 0.4) is 0 Å². The minimum absolute atomic E-state index is 0.213. The van der Waals surface area contributed by atoms with Gasteiger partial charge in [-0.1, -0.05) is 24.3 Å². The van der Waals surface area contributed by atoms with Gasteiger partial charge in [-0.2, -0.15) is 0 Å². The molecule has 1 nitrogen and oxygen atoms in total. The molecule has 1 fully saturated rings. The van der Waals surface area contributed by atoms with Crippen LogP contribution in [0.5, 0.6) is 0 Å². The standard InChI is InChI=1S/C13H18FN/c1-10(15)13(7-8-13)12-4-2-11(3-5-12)6-9-14/h2-5,10H,6-9,15H2,1H3. The molecule has 2 heteroatoms. The number of hydrogen-bond donors (Lipinski definition) is 1. The van der Waals surface area contributed by atoms with Gasteiger partial charge < -0.3 is 5.73 Å². The molecule has 0 radical (unpaired) electrons. The van der Waals surface area contributed by atoms with E-state index in [9.17, 15) is 4.39 Å². The average molecular weight is 207 g/mol. The Morgan fingerprint density at radius 3 is 2.33 bits per heavy atom. The van der Waals surface area contributed by atoms with E-state index in [2.05, 4.69) is 19.1 Å². The van der Waals surface area contributed by atoms with E-state index in [1.807, 2.05) is 12.1 Å². The monoisotopic (exact) mass is 207 g/mol. The van der Waals surface area contributed by atoms with Gasteiger partial charge in [0.05, 0.1) is 6.67 Å². The molecule has 1 aromatic carbocycles. The van der Waals surface area contributed by atoms with Crippen LogP contribution in [0.15, 0.2) is 24.3 Å². The van der Waals surface area contributed by atoms with E-state index in [0.29, 0.717) is 6.42 Å². The van der Waals surface area contributed by atoms with Crippen molar-refractivity contribution in [2.75, 3.05) is 6.67 Å². The van der Waals surface area contributed by atoms with Gasteiger partial charge in [0.2, 0.25) is 0 Å². The zero-order valence-electron chi connectivity index (χ0n) is 9.17. The fourth-order valence-corrected chi connectivity index (χ4v) is 2.25. The molecule has 0 bridgehead atoms. The topological polar surface area (TPSA) is 26.0 Å². The van der Waals surface area contributed by atoms with Crippen molar-refractivity contribution in [2.45, 2.75) is 37.6 Å². The third-order valence-corrected chi connectivity index (χ3v) is 3.57. The van der Waals surface area contributed by atoms with Crippen LogP contribution in [-0.4, -0.2) is 12.7 Å². The van der Waals surface area contributed by atoms with Crippen LogP contribution in [-0.2, 0) is 11.8 Å². The van der Waals surface area contributed by atoms with Crippen molar-refractivity contribution in [1.29, 1.82) is 0 Å². The summed E-state index contributed by atoms with van der Waals surface area (Å²) in [6.45, 7) is 1.79. The summed E-state index contributed by atoms with van der Waals surface area (Å²) in [6.07, 6.45) is 2.89. The van der Waals surface area contributed by atoms with Gasteiger partial charge in [-0.25, -0.2) is 0 Å². The van der Waals surface area contributed by atoms with E-state index in [0.717, 1.165) is 5.56 Å². The normalized spacial score (nSPS) is 19.9. The van der Waals surface area contributed by atoms with Crippen LogP contribution >= 0.6 is 0 Å². The molecule has 1 aliphatic rings. The molecule has 0 aromatic heterocycles. The third-order valence-electron chi connectivity index (χ3n) is 3.57. The van der Waals surface area contributed by atoms with Crippen LogP contribution in [0.4, 0.5) is 4.39 Å². The summed E-state index contributed by atoms with van der Waals surface area (Å²) in [5, 5.41) is 0. The van der Waals surface area contributed by atoms with Gasteiger partial charge in [0.1, 0.15) is 0 Å². The zero-order valence-corrected chi connectivity index (χ0v) is 9.17. The van der Waals surface area contributed by atoms with Gasteiger partial charge in [-0.15, -0.1) is 0 Å². The number of alkyl halides is 1. The Balaban J connectivity index is 2.17. The molecule has 0 amide bonds. The number of halogens is 1. The molecule has 1 atom stereocenters. The minimum Gasteiger partial charge on any atom is -0.327 e. The first-order valence-electron chi connectivity index (χ1n) is 5.60. The van der Waals surface area contributed by atoms with Crippen molar-refractivity contribution < 1.29 is 4.39 Å². The predicted octanol–water partition coefficient (Wildman–Crippen LogP) is 2.58. The summed E-state index contributed by atoms with van der Waals surface area (Å²) >= 11 is 0. The van der Waals surface area contributed by atoms with E-state index in [4.69, 9.17) is 5.73 Å². The Morgan fingerprint density at radius 1 is 1.33 bits per heavy atom. The number of benzene rings is 1. The molecular weight excluding hydrogens is 189 g/mol. The van der Waals surface area contributed by atoms with Gasteiger partial charge in [0.15, 0.2) is 0 Å². The molecule has 2 N–H and O–H groups in total. The summed E-state index contributed by atoms with van der Waals surface area (Å²) in [5.74, 6) is 0. The SMILES string of the molecule is CC(N)C1(c2ccc(CCF)cc2)CC1. The quantitative estimate of drug-likeness (QED) is 0.806. The van der Waals surface area contributed by atoms with Crippen molar-refractivity contribution in [3.8, 4) is 0 Å². The lowest BCUT2D eigenvalue weighted by Gasteiger charge is -2.20. The number of nitrogens with two attached hydrogens (primary N) is 1. The van der Waals surface area contributed by atoms with Crippen LogP contribution in [0.2, 0.25) is 0 Å². The molecule has 2 rings (SSSR count). The van der Waals surface area contributed by atoms with E-state index in [1.165, 1.54) is 18.4 Å². The van der Waals surface area contributed by atoms with Gasteiger partial charge in [-0.3, -0.25) is 4.39 Å². The Hall–Kier alpha value is -0.890. The molecular formula is C13H18FN. The molecule has 1 aromatic rings. The minimum atomic E-state index is -0.280. The first kappa shape index (κ1) is 10.6. The van der Waals surface area contributed by atoms with Crippen molar-refractivity contribution in [3.63, 3.8) is 0 Å². The third kappa shape index (κ3) is 1.91. The second kappa shape index (κ2) is 3.93. The number of hydrogen-bond acceptors (Lipinski definition) is 1. The summed E-state index contributed by atoms with van der Waals surface area (Å²) in [6, 6.07) is 8.49. The zero-order chi connectivity index (χ0) is 10.9. The molecule has 0 spiro atoms. The molecule has 0 saturated heterocycles. The predicted molar refractivity (Wildman–Crippen MR) is 60.7 cm³/mol. The molecule has 1 aliphatic carbocycles. The Kier molecular flexibility index (Phi) is 2.79. The van der Waals surface area contributed by atoms with Gasteiger partial charge in [0, 0.05) is 17.9 Å². The van der Waals surface area contributed by atoms with Crippen LogP contribution in [0.1, 0.15) is 30.9 Å². The highest BCUT2D eigenvalue weighted by atomic mass is 19.1. The Labute approximate surface area is 90.5 Å². The highest BCUT2D eigenvalue weighted by Gasteiger charge is 2.47. The largest absolute Gasteiger partial charge is 0.327 e. The van der Waals surface area contributed by atoms with Gasteiger partial charge in [0.25, 0.3) is 0 Å². The van der Waals surface area contributed by atoms with Crippen LogP contribution in [0, 0.1) is 0 Å². The van der Waals surface area contributed by atoms with Crippen molar-refractivity contribution >= 4 is 0 Å². The number of rotatable bonds is 4. The van der Waals surface area contributed by atoms with E-state index < -0.39 is 0 Å². The fourth-order valence-electron chi connectivity index (χ4n) is 2.25. The average Bonchev–Trinajstić information content (AvgIpc) is 3.00. The second-order valence-electron chi connectivity index (χ2n) is 4.58. The van der Waals surface area contributed by atoms with E-state index in [1.54, 1.807) is 0 Å². The first-order chi connectivity index (χ1) is 7.19. The summed E-state index contributed by atoms with van der Waals surface area (Å²) in [5.41, 5.74) is 8.61. The lowest BCUT2D eigenvalue weighted by Crippen LogP contribution is -2.31. The van der Waals surface area contributed by atoms with Crippen molar-refractivity contribution in [3.05, 3.63) is 35.4 Å². The fraction of sp³-hybridized carbons (Fsp3) is 0.538. The maximum atomic E-state index is 12.1. The molecule has 15 heavy (non-hydrogen) atoms. The van der Waals surface area contributed by atoms with E-state index in [-0.39, 0.29) is 18.1 Å². The van der Waals surface area contributed by atoms with Gasteiger partial charge >= 0.3 is 0 Å². The van der Waals surface area contributed by atoms with E-state index >= 15 is 0 Å². The first-order valence-corrected chi connectivity index (χ1v) is 5.60. The molecule has 1 saturated carbocycles. The van der Waals surface area contributed by atoms with Crippen LogP contribution in [0.25, 0.3) is 0 Å². The lowest BCUT2D eigenvalue weighted by atomic mass is 9.89. The van der Waals surface area contributed by atoms with Crippen molar-refractivity contribution in [2.24, 2.45) is 5.73 Å². The molecule has 82 valence electrons. The second-order valence-corrected chi connectivity index (χ2v) is 4.58. The highest BCUT2D eigenvalue weighted by molar-refractivity contribution is 5.35. The molecule has 1 unspecified atom stereocenters. The Morgan fingerprint density at radius 2 is 1.93 bits per heavy atom. The number of aryl methyl sites for hydroxylation is 1. The summed E-state index contributed by atoms with van der Waals surface area (Å²) < 4.78 is 12.1. The smallest absolute Gasteiger partial charge is 0.0934 e. The van der Waals surface area contributed by atoms with Gasteiger partial charge in [-0.05, 0) is 30.9 Å². The lowest BCUT2D eigenvalue weighted by molar-refractivity contribution is 0.495. The maximum Gasteiger partial charge on any atom is 0.0934 e. The maximum absolute atomic E-state index is 12.1. The van der Waals surface area contributed by atoms with Crippen molar-refractivity contribution in [1.82, 2.24) is 0 Å².